The fraction of sp³-hybridized carbons (Fsp3) is 1.00. The van der Waals surface area contributed by atoms with Crippen LogP contribution in [0.25, 0.3) is 0 Å². The number of unbranched alkanes of at least 4 members (excludes halogenated alkanes) is 3. The number of aliphatic hydroxyl groups is 4. The Morgan fingerprint density at radius 1 is 0.857 bits per heavy atom. The molecule has 0 fully saturated rings. The molecule has 0 aliphatic heterocycles. The van der Waals surface area contributed by atoms with Crippen LogP contribution < -0.4 is 0 Å². The summed E-state index contributed by atoms with van der Waals surface area (Å²) >= 11 is 0. The smallest absolute Gasteiger partial charge is 0.151 e. The summed E-state index contributed by atoms with van der Waals surface area (Å²) in [5.74, 6) is 0. The van der Waals surface area contributed by atoms with Crippen molar-refractivity contribution in [3.05, 3.63) is 0 Å². The predicted molar refractivity (Wildman–Crippen MR) is 55.8 cm³/mol. The fourth-order valence-electron chi connectivity index (χ4n) is 0.801. The van der Waals surface area contributed by atoms with E-state index in [1.54, 1.807) is 0 Å². The Kier molecular flexibility index (Phi) is 17.8. The second-order valence-electron chi connectivity index (χ2n) is 3.13. The van der Waals surface area contributed by atoms with Crippen molar-refractivity contribution in [3.8, 4) is 0 Å². The SMILES string of the molecule is CCCCCC(O)O.OCCCCO. The second kappa shape index (κ2) is 15.3. The summed E-state index contributed by atoms with van der Waals surface area (Å²) in [6.07, 6.45) is 4.01. The van der Waals surface area contributed by atoms with E-state index in [9.17, 15) is 0 Å². The Hall–Kier alpha value is -0.160. The van der Waals surface area contributed by atoms with Crippen LogP contribution in [0.3, 0.4) is 0 Å². The average Bonchev–Trinajstić information content (AvgIpc) is 2.16. The van der Waals surface area contributed by atoms with Gasteiger partial charge in [-0.1, -0.05) is 19.8 Å². The summed E-state index contributed by atoms with van der Waals surface area (Å²) in [4.78, 5) is 0. The summed E-state index contributed by atoms with van der Waals surface area (Å²) in [5.41, 5.74) is 0. The van der Waals surface area contributed by atoms with Gasteiger partial charge in [-0.25, -0.2) is 0 Å². The van der Waals surface area contributed by atoms with Crippen molar-refractivity contribution in [2.24, 2.45) is 0 Å². The van der Waals surface area contributed by atoms with E-state index >= 15 is 0 Å². The van der Waals surface area contributed by atoms with Crippen LogP contribution in [0.4, 0.5) is 0 Å². The van der Waals surface area contributed by atoms with Crippen LogP contribution in [0.15, 0.2) is 0 Å². The zero-order valence-corrected chi connectivity index (χ0v) is 9.02. The molecular weight excluding hydrogens is 184 g/mol. The first-order valence-corrected chi connectivity index (χ1v) is 5.26. The van der Waals surface area contributed by atoms with E-state index in [1.807, 2.05) is 0 Å². The molecule has 0 unspecified atom stereocenters. The standard InChI is InChI=1S/C6H14O2.C4H10O2/c1-2-3-4-5-6(7)8;5-3-1-2-4-6/h6-8H,2-5H2,1H3;5-6H,1-4H2. The molecule has 0 heterocycles. The van der Waals surface area contributed by atoms with Crippen molar-refractivity contribution >= 4 is 0 Å². The van der Waals surface area contributed by atoms with Gasteiger partial charge in [-0.05, 0) is 25.7 Å². The zero-order valence-electron chi connectivity index (χ0n) is 9.02. The molecule has 0 atom stereocenters. The molecule has 4 heteroatoms. The van der Waals surface area contributed by atoms with Crippen LogP contribution in [0.1, 0.15) is 45.4 Å². The van der Waals surface area contributed by atoms with E-state index in [2.05, 4.69) is 6.92 Å². The minimum Gasteiger partial charge on any atom is -0.396 e. The maximum atomic E-state index is 8.33. The fourth-order valence-corrected chi connectivity index (χ4v) is 0.801. The van der Waals surface area contributed by atoms with Gasteiger partial charge in [-0.15, -0.1) is 0 Å². The minimum absolute atomic E-state index is 0.195. The Balaban J connectivity index is 0. The lowest BCUT2D eigenvalue weighted by Gasteiger charge is -1.99. The highest BCUT2D eigenvalue weighted by atomic mass is 16.5. The van der Waals surface area contributed by atoms with E-state index < -0.39 is 6.29 Å². The monoisotopic (exact) mass is 208 g/mol. The summed E-state index contributed by atoms with van der Waals surface area (Å²) < 4.78 is 0. The van der Waals surface area contributed by atoms with E-state index in [0.29, 0.717) is 6.42 Å². The van der Waals surface area contributed by atoms with Crippen LogP contribution in [0.2, 0.25) is 0 Å². The molecule has 0 aliphatic rings. The normalized spacial score (nSPS) is 9.86. The highest BCUT2D eigenvalue weighted by Crippen LogP contribution is 1.99. The molecule has 0 aromatic heterocycles. The Bertz CT molecular complexity index is 82.2. The lowest BCUT2D eigenvalue weighted by Crippen LogP contribution is -2.02. The third-order valence-corrected chi connectivity index (χ3v) is 1.63. The molecule has 4 nitrogen and oxygen atoms in total. The molecule has 0 amide bonds. The summed E-state index contributed by atoms with van der Waals surface area (Å²) in [5, 5.41) is 32.8. The molecule has 0 aliphatic carbocycles. The number of aliphatic hydroxyl groups excluding tert-OH is 3. The number of rotatable bonds is 7. The Morgan fingerprint density at radius 3 is 1.64 bits per heavy atom. The molecule has 0 radical (unpaired) electrons. The molecule has 0 saturated carbocycles. The lowest BCUT2D eigenvalue weighted by molar-refractivity contribution is -0.0465. The topological polar surface area (TPSA) is 80.9 Å². The molecule has 0 saturated heterocycles. The molecular formula is C10H24O4. The summed E-state index contributed by atoms with van der Waals surface area (Å²) in [6.45, 7) is 2.48. The van der Waals surface area contributed by atoms with Crippen molar-refractivity contribution in [2.45, 2.75) is 51.7 Å². The maximum Gasteiger partial charge on any atom is 0.151 e. The summed E-state index contributed by atoms with van der Waals surface area (Å²) in [7, 11) is 0. The first kappa shape index (κ1) is 16.3. The van der Waals surface area contributed by atoms with Gasteiger partial charge in [0.2, 0.25) is 0 Å². The van der Waals surface area contributed by atoms with Gasteiger partial charge in [0.1, 0.15) is 0 Å². The number of hydrogen-bond donors (Lipinski definition) is 4. The molecule has 0 rings (SSSR count). The molecule has 0 spiro atoms. The number of hydrogen-bond acceptors (Lipinski definition) is 4. The van der Waals surface area contributed by atoms with Crippen molar-refractivity contribution in [3.63, 3.8) is 0 Å². The van der Waals surface area contributed by atoms with Gasteiger partial charge in [-0.2, -0.15) is 0 Å². The average molecular weight is 208 g/mol. The van der Waals surface area contributed by atoms with Gasteiger partial charge in [0.15, 0.2) is 6.29 Å². The maximum absolute atomic E-state index is 8.33. The van der Waals surface area contributed by atoms with Crippen LogP contribution in [-0.4, -0.2) is 39.9 Å². The van der Waals surface area contributed by atoms with Crippen LogP contribution >= 0.6 is 0 Å². The largest absolute Gasteiger partial charge is 0.396 e. The lowest BCUT2D eigenvalue weighted by atomic mass is 10.2. The minimum atomic E-state index is -1.10. The van der Waals surface area contributed by atoms with Gasteiger partial charge in [0.25, 0.3) is 0 Å². The first-order chi connectivity index (χ1) is 6.68. The zero-order chi connectivity index (χ0) is 11.2. The predicted octanol–water partition coefficient (Wildman–Crippen LogP) is 0.629. The Labute approximate surface area is 86.2 Å². The highest BCUT2D eigenvalue weighted by Gasteiger charge is 1.93. The molecule has 0 bridgehead atoms. The van der Waals surface area contributed by atoms with E-state index in [1.165, 1.54) is 0 Å². The van der Waals surface area contributed by atoms with Gasteiger partial charge in [0.05, 0.1) is 0 Å². The van der Waals surface area contributed by atoms with Gasteiger partial charge in [-0.3, -0.25) is 0 Å². The van der Waals surface area contributed by atoms with E-state index in [-0.39, 0.29) is 13.2 Å². The van der Waals surface area contributed by atoms with Crippen LogP contribution in [0.5, 0.6) is 0 Å². The molecule has 14 heavy (non-hydrogen) atoms. The second-order valence-corrected chi connectivity index (χ2v) is 3.13. The van der Waals surface area contributed by atoms with E-state index in [4.69, 9.17) is 20.4 Å². The molecule has 88 valence electrons. The summed E-state index contributed by atoms with van der Waals surface area (Å²) in [6, 6.07) is 0. The third kappa shape index (κ3) is 22.6. The highest BCUT2D eigenvalue weighted by molar-refractivity contribution is 4.40. The quantitative estimate of drug-likeness (QED) is 0.365. The molecule has 0 aromatic carbocycles. The van der Waals surface area contributed by atoms with Crippen LogP contribution in [-0.2, 0) is 0 Å². The van der Waals surface area contributed by atoms with Crippen molar-refractivity contribution in [2.75, 3.05) is 13.2 Å². The van der Waals surface area contributed by atoms with Crippen molar-refractivity contribution in [1.82, 2.24) is 0 Å². The van der Waals surface area contributed by atoms with Gasteiger partial charge >= 0.3 is 0 Å². The molecule has 4 N–H and O–H groups in total. The third-order valence-electron chi connectivity index (χ3n) is 1.63. The van der Waals surface area contributed by atoms with Crippen LogP contribution in [0, 0.1) is 0 Å². The molecule has 0 aromatic rings. The van der Waals surface area contributed by atoms with Gasteiger partial charge < -0.3 is 20.4 Å². The van der Waals surface area contributed by atoms with Crippen molar-refractivity contribution in [1.29, 1.82) is 0 Å². The van der Waals surface area contributed by atoms with E-state index in [0.717, 1.165) is 32.1 Å². The van der Waals surface area contributed by atoms with Gasteiger partial charge in [0, 0.05) is 13.2 Å². The Morgan fingerprint density at radius 2 is 1.36 bits per heavy atom. The first-order valence-electron chi connectivity index (χ1n) is 5.26. The van der Waals surface area contributed by atoms with Crippen molar-refractivity contribution < 1.29 is 20.4 Å².